The van der Waals surface area contributed by atoms with Crippen molar-refractivity contribution in [3.63, 3.8) is 0 Å². The van der Waals surface area contributed by atoms with Crippen LogP contribution < -0.4 is 15.4 Å². The van der Waals surface area contributed by atoms with Crippen molar-refractivity contribution in [3.8, 4) is 17.0 Å². The second-order valence-corrected chi connectivity index (χ2v) is 8.97. The summed E-state index contributed by atoms with van der Waals surface area (Å²) in [6.07, 6.45) is 3.24. The van der Waals surface area contributed by atoms with Crippen LogP contribution in [0.4, 0.5) is 11.4 Å². The molecule has 3 N–H and O–H groups in total. The van der Waals surface area contributed by atoms with Gasteiger partial charge >= 0.3 is 0 Å². The van der Waals surface area contributed by atoms with Crippen molar-refractivity contribution in [2.45, 2.75) is 25.9 Å². The van der Waals surface area contributed by atoms with Gasteiger partial charge in [-0.2, -0.15) is 0 Å². The molecule has 2 atom stereocenters. The van der Waals surface area contributed by atoms with E-state index in [1.54, 1.807) is 12.4 Å². The molecule has 8 nitrogen and oxygen atoms in total. The highest BCUT2D eigenvalue weighted by molar-refractivity contribution is 6.31. The Labute approximate surface area is 203 Å². The molecule has 2 aliphatic rings. The summed E-state index contributed by atoms with van der Waals surface area (Å²) in [6, 6.07) is 7.55. The number of benzene rings is 1. The average Bonchev–Trinajstić information content (AvgIpc) is 3.24. The lowest BCUT2D eigenvalue weighted by atomic mass is 9.98. The number of carbonyl (C=O) groups is 1. The van der Waals surface area contributed by atoms with Crippen LogP contribution in [0.25, 0.3) is 11.3 Å². The lowest BCUT2D eigenvalue weighted by Crippen LogP contribution is -2.33. The van der Waals surface area contributed by atoms with Crippen LogP contribution in [0.2, 0.25) is 5.02 Å². The molecule has 0 saturated carbocycles. The number of rotatable bonds is 6. The van der Waals surface area contributed by atoms with E-state index < -0.39 is 0 Å². The first-order chi connectivity index (χ1) is 16.5. The van der Waals surface area contributed by atoms with E-state index in [1.165, 1.54) is 0 Å². The number of pyridine rings is 1. The highest BCUT2D eigenvalue weighted by Gasteiger charge is 2.32. The van der Waals surface area contributed by atoms with Crippen LogP contribution in [-0.4, -0.2) is 55.0 Å². The van der Waals surface area contributed by atoms with Crippen molar-refractivity contribution < 1.29 is 19.0 Å². The Kier molecular flexibility index (Phi) is 6.45. The molecular weight excluding hydrogens is 456 g/mol. The van der Waals surface area contributed by atoms with Crippen molar-refractivity contribution in [1.82, 2.24) is 15.3 Å². The summed E-state index contributed by atoms with van der Waals surface area (Å²) >= 11 is 6.37. The largest absolute Gasteiger partial charge is 0.488 e. The Morgan fingerprint density at radius 2 is 2.18 bits per heavy atom. The Morgan fingerprint density at radius 3 is 3.00 bits per heavy atom. The first-order valence-corrected chi connectivity index (χ1v) is 11.7. The van der Waals surface area contributed by atoms with Crippen molar-refractivity contribution >= 4 is 28.9 Å². The molecule has 0 spiro atoms. The molecule has 0 radical (unpaired) electrons. The minimum absolute atomic E-state index is 0.123. The van der Waals surface area contributed by atoms with Crippen LogP contribution in [0, 0.1) is 6.92 Å². The van der Waals surface area contributed by atoms with E-state index in [1.807, 2.05) is 31.2 Å². The molecule has 2 aliphatic heterocycles. The Morgan fingerprint density at radius 1 is 1.29 bits per heavy atom. The number of hydrogen-bond acceptors (Lipinski definition) is 6. The second-order valence-electron chi connectivity index (χ2n) is 8.56. The molecular formula is C25H27ClN4O4. The molecule has 178 valence electrons. The normalized spacial score (nSPS) is 19.9. The van der Waals surface area contributed by atoms with Gasteiger partial charge in [0.15, 0.2) is 0 Å². The lowest BCUT2D eigenvalue weighted by molar-refractivity contribution is -0.101. The number of fused-ring (bicyclic) bond motifs is 1. The van der Waals surface area contributed by atoms with Gasteiger partial charge in [0.05, 0.1) is 43.0 Å². The highest BCUT2D eigenvalue weighted by Crippen LogP contribution is 2.42. The van der Waals surface area contributed by atoms with E-state index in [-0.39, 0.29) is 17.9 Å². The third-order valence-corrected chi connectivity index (χ3v) is 6.62. The van der Waals surface area contributed by atoms with Crippen LogP contribution in [-0.2, 0) is 9.47 Å². The molecule has 1 amide bonds. The fourth-order valence-electron chi connectivity index (χ4n) is 4.28. The first-order valence-electron chi connectivity index (χ1n) is 11.4. The van der Waals surface area contributed by atoms with Gasteiger partial charge in [0, 0.05) is 40.6 Å². The first kappa shape index (κ1) is 22.7. The molecule has 0 bridgehead atoms. The van der Waals surface area contributed by atoms with Gasteiger partial charge in [-0.1, -0.05) is 24.6 Å². The third kappa shape index (κ3) is 4.36. The van der Waals surface area contributed by atoms with Crippen LogP contribution in [0.5, 0.6) is 5.75 Å². The van der Waals surface area contributed by atoms with Crippen LogP contribution in [0.1, 0.15) is 34.5 Å². The standard InChI is InChI=1S/C25H27ClN4O4/c1-14-10-28-25(31)21-22(14)30-23(24(21)29-19-5-3-4-18(26)15(19)2)17-6-7-27-11-20(17)34-13-16-12-32-8-9-33-16/h3-7,11,14,16,29-30H,8-10,12-13H2,1-2H3,(H,28,31)/t14-,16+/m0/s1. The number of hydrogen-bond donors (Lipinski definition) is 3. The molecule has 34 heavy (non-hydrogen) atoms. The van der Waals surface area contributed by atoms with Crippen molar-refractivity contribution in [2.24, 2.45) is 0 Å². The average molecular weight is 483 g/mol. The number of ether oxygens (including phenoxy) is 3. The fourth-order valence-corrected chi connectivity index (χ4v) is 4.46. The monoisotopic (exact) mass is 482 g/mol. The van der Waals surface area contributed by atoms with E-state index in [9.17, 15) is 4.79 Å². The Bertz CT molecular complexity index is 1210. The maximum atomic E-state index is 13.0. The predicted molar refractivity (Wildman–Crippen MR) is 130 cm³/mol. The number of aromatic nitrogens is 2. The van der Waals surface area contributed by atoms with E-state index in [0.717, 1.165) is 28.2 Å². The summed E-state index contributed by atoms with van der Waals surface area (Å²) in [5.41, 5.74) is 5.43. The van der Waals surface area contributed by atoms with E-state index in [0.29, 0.717) is 55.0 Å². The molecule has 1 aromatic carbocycles. The predicted octanol–water partition coefficient (Wildman–Crippen LogP) is 4.42. The molecule has 1 saturated heterocycles. The topological polar surface area (TPSA) is 97.5 Å². The quantitative estimate of drug-likeness (QED) is 0.481. The number of H-pyrrole nitrogens is 1. The van der Waals surface area contributed by atoms with E-state index in [2.05, 4.69) is 27.5 Å². The minimum atomic E-state index is -0.142. The maximum absolute atomic E-state index is 13.0. The summed E-state index contributed by atoms with van der Waals surface area (Å²) in [4.78, 5) is 20.8. The highest BCUT2D eigenvalue weighted by atomic mass is 35.5. The van der Waals surface area contributed by atoms with Gasteiger partial charge in [-0.15, -0.1) is 0 Å². The summed E-state index contributed by atoms with van der Waals surface area (Å²) in [6.45, 7) is 6.58. The zero-order valence-corrected chi connectivity index (χ0v) is 19.9. The van der Waals surface area contributed by atoms with Gasteiger partial charge in [0.1, 0.15) is 18.5 Å². The number of anilines is 2. The zero-order chi connectivity index (χ0) is 23.7. The summed E-state index contributed by atoms with van der Waals surface area (Å²) < 4.78 is 17.3. The van der Waals surface area contributed by atoms with Gasteiger partial charge in [0.25, 0.3) is 5.91 Å². The summed E-state index contributed by atoms with van der Waals surface area (Å²) in [5, 5.41) is 7.11. The van der Waals surface area contributed by atoms with Gasteiger partial charge < -0.3 is 29.8 Å². The van der Waals surface area contributed by atoms with Crippen LogP contribution in [0.3, 0.4) is 0 Å². The fraction of sp³-hybridized carbons (Fsp3) is 0.360. The minimum Gasteiger partial charge on any atom is -0.488 e. The SMILES string of the molecule is Cc1c(Cl)cccc1Nc1c(-c2ccncc2OC[C@H]2COCCO2)[nH]c2c1C(=O)NC[C@@H]2C. The van der Waals surface area contributed by atoms with Crippen molar-refractivity contribution in [3.05, 3.63) is 58.5 Å². The smallest absolute Gasteiger partial charge is 0.255 e. The molecule has 4 heterocycles. The molecule has 0 aliphatic carbocycles. The third-order valence-electron chi connectivity index (χ3n) is 6.21. The Balaban J connectivity index is 1.57. The number of aromatic amines is 1. The maximum Gasteiger partial charge on any atom is 0.255 e. The number of nitrogens with one attached hydrogen (secondary N) is 3. The van der Waals surface area contributed by atoms with Gasteiger partial charge in [-0.25, -0.2) is 0 Å². The molecule has 3 aromatic rings. The van der Waals surface area contributed by atoms with Crippen molar-refractivity contribution in [1.29, 1.82) is 0 Å². The summed E-state index contributed by atoms with van der Waals surface area (Å²) in [5.74, 6) is 0.595. The number of amides is 1. The zero-order valence-electron chi connectivity index (χ0n) is 19.1. The van der Waals surface area contributed by atoms with E-state index >= 15 is 0 Å². The van der Waals surface area contributed by atoms with Crippen LogP contribution >= 0.6 is 11.6 Å². The number of halogens is 1. The van der Waals surface area contributed by atoms with Crippen molar-refractivity contribution in [2.75, 3.05) is 38.3 Å². The molecule has 0 unspecified atom stereocenters. The van der Waals surface area contributed by atoms with Crippen LogP contribution in [0.15, 0.2) is 36.7 Å². The van der Waals surface area contributed by atoms with Gasteiger partial charge in [-0.3, -0.25) is 9.78 Å². The second kappa shape index (κ2) is 9.66. The number of carbonyl (C=O) groups excluding carboxylic acids is 1. The van der Waals surface area contributed by atoms with E-state index in [4.69, 9.17) is 25.8 Å². The lowest BCUT2D eigenvalue weighted by Gasteiger charge is -2.23. The molecule has 1 fully saturated rings. The molecule has 5 rings (SSSR count). The number of nitrogens with zero attached hydrogens (tertiary/aromatic N) is 1. The summed E-state index contributed by atoms with van der Waals surface area (Å²) in [7, 11) is 0. The van der Waals surface area contributed by atoms with Gasteiger partial charge in [0.2, 0.25) is 0 Å². The Hall–Kier alpha value is -3.07. The molecule has 9 heteroatoms. The van der Waals surface area contributed by atoms with Gasteiger partial charge in [-0.05, 0) is 30.7 Å². The molecule has 2 aromatic heterocycles.